The van der Waals surface area contributed by atoms with Crippen molar-refractivity contribution in [1.82, 2.24) is 10.3 Å². The quantitative estimate of drug-likeness (QED) is 0.860. The first-order valence-corrected chi connectivity index (χ1v) is 5.94. The maximum absolute atomic E-state index is 11.7. The smallest absolute Gasteiger partial charge is 0.408 e. The second-order valence-electron chi connectivity index (χ2n) is 5.14. The summed E-state index contributed by atoms with van der Waals surface area (Å²) < 4.78 is 5.20. The number of hydrogen-bond donors (Lipinski definition) is 2. The number of hydrogen-bond acceptors (Lipinski definition) is 4. The molecule has 0 bridgehead atoms. The lowest BCUT2D eigenvalue weighted by molar-refractivity contribution is 0.0504. The number of aryl methyl sites for hydroxylation is 1. The molecule has 0 aromatic carbocycles. The molecule has 0 radical (unpaired) electrons. The predicted octanol–water partition coefficient (Wildman–Crippen LogP) is 1.91. The molecular formula is C13H21N3O2. The van der Waals surface area contributed by atoms with Crippen LogP contribution in [0.4, 0.5) is 4.79 Å². The van der Waals surface area contributed by atoms with E-state index in [1.807, 2.05) is 39.8 Å². The van der Waals surface area contributed by atoms with E-state index in [9.17, 15) is 4.79 Å². The van der Waals surface area contributed by atoms with Crippen LogP contribution in [0.15, 0.2) is 18.3 Å². The SMILES string of the molecule is Cc1cccnc1C(CN)NC(=O)OC(C)(C)C. The number of alkyl carbamates (subject to hydrolysis) is 1. The lowest BCUT2D eigenvalue weighted by Crippen LogP contribution is -2.38. The number of amides is 1. The highest BCUT2D eigenvalue weighted by atomic mass is 16.6. The monoisotopic (exact) mass is 251 g/mol. The highest BCUT2D eigenvalue weighted by molar-refractivity contribution is 5.68. The van der Waals surface area contributed by atoms with Crippen molar-refractivity contribution >= 4 is 6.09 Å². The summed E-state index contributed by atoms with van der Waals surface area (Å²) >= 11 is 0. The maximum Gasteiger partial charge on any atom is 0.408 e. The van der Waals surface area contributed by atoms with E-state index in [2.05, 4.69) is 10.3 Å². The van der Waals surface area contributed by atoms with Crippen LogP contribution < -0.4 is 11.1 Å². The van der Waals surface area contributed by atoms with E-state index < -0.39 is 11.7 Å². The van der Waals surface area contributed by atoms with Crippen LogP contribution >= 0.6 is 0 Å². The third kappa shape index (κ3) is 4.33. The standard InChI is InChI=1S/C13H21N3O2/c1-9-6-5-7-15-11(9)10(8-14)16-12(17)18-13(2,3)4/h5-7,10H,8,14H2,1-4H3,(H,16,17). The number of nitrogens with zero attached hydrogens (tertiary/aromatic N) is 1. The Bertz CT molecular complexity index is 413. The second kappa shape index (κ2) is 5.82. The summed E-state index contributed by atoms with van der Waals surface area (Å²) in [4.78, 5) is 15.9. The number of rotatable bonds is 3. The fraction of sp³-hybridized carbons (Fsp3) is 0.538. The van der Waals surface area contributed by atoms with E-state index >= 15 is 0 Å². The first-order chi connectivity index (χ1) is 8.33. The average Bonchev–Trinajstić information content (AvgIpc) is 2.24. The summed E-state index contributed by atoms with van der Waals surface area (Å²) in [5.74, 6) is 0. The minimum Gasteiger partial charge on any atom is -0.444 e. The van der Waals surface area contributed by atoms with Gasteiger partial charge in [0, 0.05) is 12.7 Å². The van der Waals surface area contributed by atoms with E-state index in [1.165, 1.54) is 0 Å². The molecule has 5 heteroatoms. The molecule has 0 fully saturated rings. The molecule has 18 heavy (non-hydrogen) atoms. The Hall–Kier alpha value is -1.62. The largest absolute Gasteiger partial charge is 0.444 e. The third-order valence-corrected chi connectivity index (χ3v) is 2.31. The number of ether oxygens (including phenoxy) is 1. The summed E-state index contributed by atoms with van der Waals surface area (Å²) in [5.41, 5.74) is 6.91. The van der Waals surface area contributed by atoms with Gasteiger partial charge in [0.05, 0.1) is 11.7 Å². The summed E-state index contributed by atoms with van der Waals surface area (Å²) in [7, 11) is 0. The minimum atomic E-state index is -0.525. The summed E-state index contributed by atoms with van der Waals surface area (Å²) in [5, 5.41) is 2.73. The molecule has 0 aliphatic carbocycles. The lowest BCUT2D eigenvalue weighted by Gasteiger charge is -2.23. The molecule has 1 unspecified atom stereocenters. The van der Waals surface area contributed by atoms with Crippen LogP contribution in [0.25, 0.3) is 0 Å². The molecule has 0 spiro atoms. The van der Waals surface area contributed by atoms with Crippen LogP contribution in [0.2, 0.25) is 0 Å². The Morgan fingerprint density at radius 1 is 1.56 bits per heavy atom. The molecule has 1 aromatic heterocycles. The third-order valence-electron chi connectivity index (χ3n) is 2.31. The molecule has 1 rings (SSSR count). The summed E-state index contributed by atoms with van der Waals surface area (Å²) in [6.07, 6.45) is 1.20. The van der Waals surface area contributed by atoms with Crippen LogP contribution in [-0.2, 0) is 4.74 Å². The number of pyridine rings is 1. The molecule has 0 aliphatic rings. The molecule has 100 valence electrons. The Balaban J connectivity index is 2.74. The first kappa shape index (κ1) is 14.4. The molecule has 0 saturated carbocycles. The summed E-state index contributed by atoms with van der Waals surface area (Å²) in [6, 6.07) is 3.45. The van der Waals surface area contributed by atoms with Crippen molar-refractivity contribution in [2.75, 3.05) is 6.54 Å². The van der Waals surface area contributed by atoms with E-state index in [0.29, 0.717) is 0 Å². The number of nitrogens with two attached hydrogens (primary N) is 1. The topological polar surface area (TPSA) is 77.2 Å². The molecule has 3 N–H and O–H groups in total. The van der Waals surface area contributed by atoms with Gasteiger partial charge in [0.1, 0.15) is 5.60 Å². The van der Waals surface area contributed by atoms with Crippen LogP contribution in [-0.4, -0.2) is 23.2 Å². The maximum atomic E-state index is 11.7. The van der Waals surface area contributed by atoms with Gasteiger partial charge in [-0.3, -0.25) is 4.98 Å². The van der Waals surface area contributed by atoms with Gasteiger partial charge < -0.3 is 15.8 Å². The minimum absolute atomic E-state index is 0.275. The number of carbonyl (C=O) groups excluding carboxylic acids is 1. The van der Waals surface area contributed by atoms with Gasteiger partial charge in [-0.05, 0) is 39.3 Å². The van der Waals surface area contributed by atoms with E-state index in [0.717, 1.165) is 11.3 Å². The zero-order chi connectivity index (χ0) is 13.8. The van der Waals surface area contributed by atoms with Gasteiger partial charge in [-0.2, -0.15) is 0 Å². The second-order valence-corrected chi connectivity index (χ2v) is 5.14. The predicted molar refractivity (Wildman–Crippen MR) is 70.1 cm³/mol. The number of carbonyl (C=O) groups is 1. The van der Waals surface area contributed by atoms with Crippen LogP contribution in [0, 0.1) is 6.92 Å². The van der Waals surface area contributed by atoms with Crippen molar-refractivity contribution in [3.8, 4) is 0 Å². The number of nitrogens with one attached hydrogen (secondary N) is 1. The van der Waals surface area contributed by atoms with Gasteiger partial charge in [-0.1, -0.05) is 6.07 Å². The molecule has 0 aliphatic heterocycles. The normalized spacial score (nSPS) is 12.9. The first-order valence-electron chi connectivity index (χ1n) is 5.94. The van der Waals surface area contributed by atoms with Crippen LogP contribution in [0.3, 0.4) is 0 Å². The van der Waals surface area contributed by atoms with Crippen molar-refractivity contribution in [2.24, 2.45) is 5.73 Å². The van der Waals surface area contributed by atoms with Crippen LogP contribution in [0.1, 0.15) is 38.1 Å². The van der Waals surface area contributed by atoms with Gasteiger partial charge in [0.15, 0.2) is 0 Å². The zero-order valence-electron chi connectivity index (χ0n) is 11.4. The van der Waals surface area contributed by atoms with Gasteiger partial charge in [-0.25, -0.2) is 4.79 Å². The van der Waals surface area contributed by atoms with Gasteiger partial charge in [0.25, 0.3) is 0 Å². The van der Waals surface area contributed by atoms with Gasteiger partial charge >= 0.3 is 6.09 Å². The van der Waals surface area contributed by atoms with E-state index in [1.54, 1.807) is 6.20 Å². The van der Waals surface area contributed by atoms with Gasteiger partial charge in [-0.15, -0.1) is 0 Å². The molecule has 0 saturated heterocycles. The molecular weight excluding hydrogens is 230 g/mol. The van der Waals surface area contributed by atoms with E-state index in [-0.39, 0.29) is 12.6 Å². The van der Waals surface area contributed by atoms with Crippen molar-refractivity contribution in [3.05, 3.63) is 29.6 Å². The Morgan fingerprint density at radius 3 is 2.72 bits per heavy atom. The van der Waals surface area contributed by atoms with Crippen molar-refractivity contribution in [3.63, 3.8) is 0 Å². The highest BCUT2D eigenvalue weighted by Crippen LogP contribution is 2.14. The zero-order valence-corrected chi connectivity index (χ0v) is 11.4. The average molecular weight is 251 g/mol. The Kier molecular flexibility index (Phi) is 4.67. The summed E-state index contributed by atoms with van der Waals surface area (Å²) in [6.45, 7) is 7.65. The van der Waals surface area contributed by atoms with E-state index in [4.69, 9.17) is 10.5 Å². The Labute approximate surface area is 108 Å². The molecule has 5 nitrogen and oxygen atoms in total. The molecule has 1 heterocycles. The highest BCUT2D eigenvalue weighted by Gasteiger charge is 2.21. The van der Waals surface area contributed by atoms with Gasteiger partial charge in [0.2, 0.25) is 0 Å². The molecule has 1 amide bonds. The fourth-order valence-corrected chi connectivity index (χ4v) is 1.55. The lowest BCUT2D eigenvalue weighted by atomic mass is 10.1. The van der Waals surface area contributed by atoms with Crippen molar-refractivity contribution < 1.29 is 9.53 Å². The fourth-order valence-electron chi connectivity index (χ4n) is 1.55. The Morgan fingerprint density at radius 2 is 2.22 bits per heavy atom. The van der Waals surface area contributed by atoms with Crippen LogP contribution in [0.5, 0.6) is 0 Å². The number of aromatic nitrogens is 1. The van der Waals surface area contributed by atoms with Crippen molar-refractivity contribution in [1.29, 1.82) is 0 Å². The molecule has 1 aromatic rings. The molecule has 1 atom stereocenters. The van der Waals surface area contributed by atoms with Crippen molar-refractivity contribution in [2.45, 2.75) is 39.3 Å².